The van der Waals surface area contributed by atoms with Crippen LogP contribution in [0.5, 0.6) is 5.75 Å². The third kappa shape index (κ3) is 3.61. The van der Waals surface area contributed by atoms with Crippen LogP contribution in [-0.2, 0) is 13.1 Å². The molecule has 0 aliphatic carbocycles. The van der Waals surface area contributed by atoms with E-state index < -0.39 is 0 Å². The van der Waals surface area contributed by atoms with Gasteiger partial charge in [-0.05, 0) is 26.0 Å². The number of rotatable bonds is 7. The number of ether oxygens (including phenoxy) is 1. The number of aryl methyl sites for hydroxylation is 2. The predicted octanol–water partition coefficient (Wildman–Crippen LogP) is 2.69. The van der Waals surface area contributed by atoms with E-state index in [2.05, 4.69) is 46.9 Å². The lowest BCUT2D eigenvalue weighted by molar-refractivity contribution is 0.291. The quantitative estimate of drug-likeness (QED) is 0.843. The first-order valence-corrected chi connectivity index (χ1v) is 7.12. The Morgan fingerprint density at radius 1 is 1.30 bits per heavy atom. The lowest BCUT2D eigenvalue weighted by atomic mass is 10.1. The summed E-state index contributed by atoms with van der Waals surface area (Å²) in [7, 11) is 0. The summed E-state index contributed by atoms with van der Waals surface area (Å²) in [5.41, 5.74) is 2.40. The molecule has 0 saturated carbocycles. The van der Waals surface area contributed by atoms with Crippen LogP contribution in [0.4, 0.5) is 0 Å². The van der Waals surface area contributed by atoms with E-state index in [0.29, 0.717) is 6.61 Å². The summed E-state index contributed by atoms with van der Waals surface area (Å²) in [6.45, 7) is 9.48. The Hall–Kier alpha value is -1.81. The van der Waals surface area contributed by atoms with E-state index in [-0.39, 0.29) is 0 Å². The molecule has 20 heavy (non-hydrogen) atoms. The Balaban J connectivity index is 1.99. The Bertz CT molecular complexity index is 548. The molecule has 4 heteroatoms. The smallest absolute Gasteiger partial charge is 0.126 e. The topological polar surface area (TPSA) is 39.1 Å². The zero-order valence-corrected chi connectivity index (χ0v) is 12.5. The fourth-order valence-corrected chi connectivity index (χ4v) is 2.20. The first-order chi connectivity index (χ1) is 9.72. The van der Waals surface area contributed by atoms with Crippen LogP contribution >= 0.6 is 0 Å². The number of hydrogen-bond donors (Lipinski definition) is 1. The first kappa shape index (κ1) is 14.6. The lowest BCUT2D eigenvalue weighted by Gasteiger charge is -2.15. The zero-order chi connectivity index (χ0) is 14.4. The zero-order valence-electron chi connectivity index (χ0n) is 12.5. The fraction of sp³-hybridized carbons (Fsp3) is 0.438. The van der Waals surface area contributed by atoms with Gasteiger partial charge in [-0.3, -0.25) is 0 Å². The Morgan fingerprint density at radius 3 is 2.85 bits per heavy atom. The number of aromatic nitrogens is 2. The van der Waals surface area contributed by atoms with Crippen LogP contribution in [-0.4, -0.2) is 22.7 Å². The standard InChI is InChI=1S/C16H23N3O/c1-4-17-12-15-7-5-6-13(2)16(15)20-11-10-19-9-8-18-14(19)3/h5-9,17H,4,10-12H2,1-3H3. The van der Waals surface area contributed by atoms with Gasteiger partial charge in [-0.25, -0.2) is 4.98 Å². The SMILES string of the molecule is CCNCc1cccc(C)c1OCCn1ccnc1C. The molecule has 2 aromatic rings. The molecule has 1 heterocycles. The maximum Gasteiger partial charge on any atom is 0.126 e. The highest BCUT2D eigenvalue weighted by atomic mass is 16.5. The van der Waals surface area contributed by atoms with Crippen LogP contribution in [0.2, 0.25) is 0 Å². The molecule has 0 fully saturated rings. The van der Waals surface area contributed by atoms with Crippen molar-refractivity contribution in [2.45, 2.75) is 33.9 Å². The molecule has 0 aliphatic heterocycles. The lowest BCUT2D eigenvalue weighted by Crippen LogP contribution is -2.15. The summed E-state index contributed by atoms with van der Waals surface area (Å²) in [4.78, 5) is 4.22. The largest absolute Gasteiger partial charge is 0.491 e. The van der Waals surface area contributed by atoms with Gasteiger partial charge >= 0.3 is 0 Å². The highest BCUT2D eigenvalue weighted by Crippen LogP contribution is 2.23. The molecule has 0 spiro atoms. The molecular weight excluding hydrogens is 250 g/mol. The van der Waals surface area contributed by atoms with Gasteiger partial charge in [0.15, 0.2) is 0 Å². The molecule has 0 amide bonds. The van der Waals surface area contributed by atoms with Crippen molar-refractivity contribution in [3.8, 4) is 5.75 Å². The van der Waals surface area contributed by atoms with Crippen molar-refractivity contribution in [1.29, 1.82) is 0 Å². The van der Waals surface area contributed by atoms with Crippen molar-refractivity contribution in [3.05, 3.63) is 47.5 Å². The van der Waals surface area contributed by atoms with E-state index in [1.165, 1.54) is 11.1 Å². The molecule has 1 aromatic carbocycles. The molecule has 1 aromatic heterocycles. The average Bonchev–Trinajstić information content (AvgIpc) is 2.84. The number of nitrogens with zero attached hydrogens (tertiary/aromatic N) is 2. The fourth-order valence-electron chi connectivity index (χ4n) is 2.20. The van der Waals surface area contributed by atoms with Crippen molar-refractivity contribution in [1.82, 2.24) is 14.9 Å². The van der Waals surface area contributed by atoms with Gasteiger partial charge in [-0.15, -0.1) is 0 Å². The van der Waals surface area contributed by atoms with E-state index in [1.54, 1.807) is 0 Å². The molecule has 2 rings (SSSR count). The van der Waals surface area contributed by atoms with Crippen LogP contribution < -0.4 is 10.1 Å². The van der Waals surface area contributed by atoms with E-state index in [0.717, 1.165) is 31.2 Å². The van der Waals surface area contributed by atoms with Gasteiger partial charge in [0.1, 0.15) is 18.2 Å². The Morgan fingerprint density at radius 2 is 2.15 bits per heavy atom. The second-order valence-electron chi connectivity index (χ2n) is 4.86. The summed E-state index contributed by atoms with van der Waals surface area (Å²) in [6, 6.07) is 6.29. The molecule has 0 aliphatic rings. The van der Waals surface area contributed by atoms with Gasteiger partial charge in [0.05, 0.1) is 6.54 Å². The minimum Gasteiger partial charge on any atom is -0.491 e. The van der Waals surface area contributed by atoms with Crippen molar-refractivity contribution in [2.24, 2.45) is 0 Å². The average molecular weight is 273 g/mol. The van der Waals surface area contributed by atoms with Gasteiger partial charge in [0.25, 0.3) is 0 Å². The van der Waals surface area contributed by atoms with Crippen LogP contribution in [0, 0.1) is 13.8 Å². The van der Waals surface area contributed by atoms with Crippen molar-refractivity contribution in [2.75, 3.05) is 13.2 Å². The third-order valence-corrected chi connectivity index (χ3v) is 3.36. The first-order valence-electron chi connectivity index (χ1n) is 7.12. The summed E-state index contributed by atoms with van der Waals surface area (Å²) < 4.78 is 8.10. The van der Waals surface area contributed by atoms with Gasteiger partial charge in [0, 0.05) is 24.5 Å². The van der Waals surface area contributed by atoms with Crippen molar-refractivity contribution in [3.63, 3.8) is 0 Å². The highest BCUT2D eigenvalue weighted by Gasteiger charge is 2.07. The summed E-state index contributed by atoms with van der Waals surface area (Å²) in [5.74, 6) is 2.03. The van der Waals surface area contributed by atoms with Crippen molar-refractivity contribution >= 4 is 0 Å². The molecule has 0 radical (unpaired) electrons. The Kier molecular flexibility index (Phi) is 5.18. The molecule has 4 nitrogen and oxygen atoms in total. The number of benzene rings is 1. The minimum absolute atomic E-state index is 0.654. The summed E-state index contributed by atoms with van der Waals surface area (Å²) in [5, 5.41) is 3.35. The minimum atomic E-state index is 0.654. The predicted molar refractivity (Wildman–Crippen MR) is 81.0 cm³/mol. The van der Waals surface area contributed by atoms with Crippen LogP contribution in [0.1, 0.15) is 23.9 Å². The molecule has 1 N–H and O–H groups in total. The van der Waals surface area contributed by atoms with E-state index in [1.807, 2.05) is 19.3 Å². The second-order valence-corrected chi connectivity index (χ2v) is 4.86. The maximum absolute atomic E-state index is 6.00. The molecule has 0 unspecified atom stereocenters. The monoisotopic (exact) mass is 273 g/mol. The Labute approximate surface area is 120 Å². The normalized spacial score (nSPS) is 10.8. The number of para-hydroxylation sites is 1. The summed E-state index contributed by atoms with van der Waals surface area (Å²) >= 11 is 0. The van der Waals surface area contributed by atoms with Crippen LogP contribution in [0.3, 0.4) is 0 Å². The van der Waals surface area contributed by atoms with E-state index in [4.69, 9.17) is 4.74 Å². The molecule has 0 bridgehead atoms. The van der Waals surface area contributed by atoms with Gasteiger partial charge in [-0.2, -0.15) is 0 Å². The molecule has 0 atom stereocenters. The molecule has 0 saturated heterocycles. The van der Waals surface area contributed by atoms with Gasteiger partial charge < -0.3 is 14.6 Å². The number of hydrogen-bond acceptors (Lipinski definition) is 3. The summed E-state index contributed by atoms with van der Waals surface area (Å²) in [6.07, 6.45) is 3.80. The van der Waals surface area contributed by atoms with E-state index >= 15 is 0 Å². The van der Waals surface area contributed by atoms with Crippen LogP contribution in [0.25, 0.3) is 0 Å². The van der Waals surface area contributed by atoms with Gasteiger partial charge in [-0.1, -0.05) is 25.1 Å². The van der Waals surface area contributed by atoms with Gasteiger partial charge in [0.2, 0.25) is 0 Å². The maximum atomic E-state index is 6.00. The highest BCUT2D eigenvalue weighted by molar-refractivity contribution is 5.40. The number of nitrogens with one attached hydrogen (secondary N) is 1. The van der Waals surface area contributed by atoms with Crippen molar-refractivity contribution < 1.29 is 4.74 Å². The molecule has 108 valence electrons. The van der Waals surface area contributed by atoms with E-state index in [9.17, 15) is 0 Å². The third-order valence-electron chi connectivity index (χ3n) is 3.36. The molecular formula is C16H23N3O. The second kappa shape index (κ2) is 7.10. The van der Waals surface area contributed by atoms with Crippen LogP contribution in [0.15, 0.2) is 30.6 Å². The number of imidazole rings is 1.